The van der Waals surface area contributed by atoms with Crippen LogP contribution in [0.1, 0.15) is 29.3 Å². The third kappa shape index (κ3) is 1.94. The van der Waals surface area contributed by atoms with Gasteiger partial charge in [-0.05, 0) is 19.4 Å². The number of hydrogen-bond acceptors (Lipinski definition) is 5. The highest BCUT2D eigenvalue weighted by atomic mass is 32.1. The number of carbonyl (C=O) groups excluding carboxylic acids is 2. The minimum absolute atomic E-state index is 0.204. The SMILES string of the molecule is Cc1nc2cc3occ([C@@H]4CCC(=O)NC4=O)c3cc2s1. The van der Waals surface area contributed by atoms with Crippen molar-refractivity contribution in [1.29, 1.82) is 0 Å². The Balaban J connectivity index is 1.87. The molecule has 0 spiro atoms. The maximum absolute atomic E-state index is 12.0. The summed E-state index contributed by atoms with van der Waals surface area (Å²) in [6.45, 7) is 1.97. The second-order valence-corrected chi connectivity index (χ2v) is 6.48. The van der Waals surface area contributed by atoms with Gasteiger partial charge in [0.15, 0.2) is 0 Å². The molecule has 4 rings (SSSR count). The molecule has 0 saturated carbocycles. The van der Waals surface area contributed by atoms with Crippen LogP contribution in [0.25, 0.3) is 21.2 Å². The Morgan fingerprint density at radius 2 is 2.24 bits per heavy atom. The van der Waals surface area contributed by atoms with Crippen LogP contribution in [0.15, 0.2) is 22.8 Å². The van der Waals surface area contributed by atoms with Crippen LogP contribution in [0.5, 0.6) is 0 Å². The van der Waals surface area contributed by atoms with Crippen molar-refractivity contribution < 1.29 is 14.0 Å². The average molecular weight is 300 g/mol. The van der Waals surface area contributed by atoms with Crippen molar-refractivity contribution in [1.82, 2.24) is 10.3 Å². The zero-order valence-corrected chi connectivity index (χ0v) is 12.1. The quantitative estimate of drug-likeness (QED) is 0.701. The maximum atomic E-state index is 12.0. The van der Waals surface area contributed by atoms with E-state index in [4.69, 9.17) is 4.42 Å². The number of aromatic nitrogens is 1. The molecular weight excluding hydrogens is 288 g/mol. The molecule has 1 atom stereocenters. The molecule has 2 aromatic heterocycles. The molecule has 0 unspecified atom stereocenters. The third-order valence-corrected chi connectivity index (χ3v) is 4.77. The van der Waals surface area contributed by atoms with E-state index in [-0.39, 0.29) is 17.7 Å². The summed E-state index contributed by atoms with van der Waals surface area (Å²) in [6, 6.07) is 3.93. The van der Waals surface area contributed by atoms with Crippen LogP contribution in [0, 0.1) is 6.92 Å². The molecule has 0 bridgehead atoms. The van der Waals surface area contributed by atoms with Crippen molar-refractivity contribution in [2.45, 2.75) is 25.7 Å². The highest BCUT2D eigenvalue weighted by molar-refractivity contribution is 7.18. The zero-order chi connectivity index (χ0) is 14.6. The van der Waals surface area contributed by atoms with Gasteiger partial charge in [0.2, 0.25) is 11.8 Å². The monoisotopic (exact) mass is 300 g/mol. The van der Waals surface area contributed by atoms with Gasteiger partial charge in [0, 0.05) is 23.4 Å². The summed E-state index contributed by atoms with van der Waals surface area (Å²) in [6.07, 6.45) is 2.52. The number of carbonyl (C=O) groups is 2. The highest BCUT2D eigenvalue weighted by Crippen LogP contribution is 2.35. The lowest BCUT2D eigenvalue weighted by molar-refractivity contribution is -0.134. The van der Waals surface area contributed by atoms with Crippen molar-refractivity contribution in [2.75, 3.05) is 0 Å². The molecule has 0 radical (unpaired) electrons. The van der Waals surface area contributed by atoms with Gasteiger partial charge >= 0.3 is 0 Å². The minimum atomic E-state index is -0.324. The predicted molar refractivity (Wildman–Crippen MR) is 79.3 cm³/mol. The Bertz CT molecular complexity index is 893. The van der Waals surface area contributed by atoms with E-state index in [1.54, 1.807) is 17.6 Å². The second-order valence-electron chi connectivity index (χ2n) is 5.24. The molecule has 1 aliphatic rings. The summed E-state index contributed by atoms with van der Waals surface area (Å²) in [5.41, 5.74) is 2.49. The number of nitrogens with one attached hydrogen (secondary N) is 1. The number of thiazole rings is 1. The Labute approximate surface area is 124 Å². The van der Waals surface area contributed by atoms with Crippen LogP contribution in [0.2, 0.25) is 0 Å². The Morgan fingerprint density at radius 1 is 1.38 bits per heavy atom. The summed E-state index contributed by atoms with van der Waals surface area (Å²) in [4.78, 5) is 27.7. The van der Waals surface area contributed by atoms with Gasteiger partial charge in [0.05, 0.1) is 27.4 Å². The minimum Gasteiger partial charge on any atom is -0.464 e. The fraction of sp³-hybridized carbons (Fsp3) is 0.267. The van der Waals surface area contributed by atoms with Gasteiger partial charge in [-0.1, -0.05) is 0 Å². The van der Waals surface area contributed by atoms with Gasteiger partial charge in [-0.3, -0.25) is 14.9 Å². The van der Waals surface area contributed by atoms with Gasteiger partial charge in [0.1, 0.15) is 5.58 Å². The molecule has 1 aliphatic heterocycles. The summed E-state index contributed by atoms with van der Waals surface area (Å²) in [5, 5.41) is 4.33. The van der Waals surface area contributed by atoms with Crippen molar-refractivity contribution in [3.8, 4) is 0 Å². The molecule has 2 amide bonds. The summed E-state index contributed by atoms with van der Waals surface area (Å²) in [5.74, 6) is -0.769. The van der Waals surface area contributed by atoms with Gasteiger partial charge in [-0.2, -0.15) is 0 Å². The lowest BCUT2D eigenvalue weighted by atomic mass is 9.90. The van der Waals surface area contributed by atoms with Crippen LogP contribution < -0.4 is 5.32 Å². The molecule has 5 nitrogen and oxygen atoms in total. The number of imide groups is 1. The Kier molecular flexibility index (Phi) is 2.62. The first-order valence-corrected chi connectivity index (χ1v) is 7.55. The number of furan rings is 1. The number of amides is 2. The van der Waals surface area contributed by atoms with Crippen LogP contribution in [-0.4, -0.2) is 16.8 Å². The van der Waals surface area contributed by atoms with E-state index >= 15 is 0 Å². The number of benzene rings is 1. The molecule has 1 N–H and O–H groups in total. The molecule has 21 heavy (non-hydrogen) atoms. The van der Waals surface area contributed by atoms with E-state index in [0.717, 1.165) is 31.8 Å². The number of rotatable bonds is 1. The standard InChI is InChI=1S/C15H12N2O3S/c1-7-16-11-5-12-9(4-13(11)21-7)10(6-20-12)8-2-3-14(18)17-15(8)19/h4-6,8H,2-3H2,1H3,(H,17,18,19)/t8-/m0/s1. The summed E-state index contributed by atoms with van der Waals surface area (Å²) >= 11 is 1.62. The number of piperidine rings is 1. The van der Waals surface area contributed by atoms with Gasteiger partial charge in [0.25, 0.3) is 0 Å². The normalized spacial score (nSPS) is 19.4. The van der Waals surface area contributed by atoms with Gasteiger partial charge in [-0.15, -0.1) is 11.3 Å². The largest absolute Gasteiger partial charge is 0.464 e. The first kappa shape index (κ1) is 12.5. The fourth-order valence-electron chi connectivity index (χ4n) is 2.84. The van der Waals surface area contributed by atoms with E-state index < -0.39 is 0 Å². The van der Waals surface area contributed by atoms with E-state index in [9.17, 15) is 9.59 Å². The lowest BCUT2D eigenvalue weighted by Crippen LogP contribution is -2.39. The molecule has 0 aliphatic carbocycles. The molecular formula is C15H12N2O3S. The molecule has 1 saturated heterocycles. The van der Waals surface area contributed by atoms with E-state index in [2.05, 4.69) is 10.3 Å². The second kappa shape index (κ2) is 4.39. The fourth-order valence-corrected chi connectivity index (χ4v) is 3.69. The topological polar surface area (TPSA) is 72.2 Å². The van der Waals surface area contributed by atoms with Crippen molar-refractivity contribution in [3.63, 3.8) is 0 Å². The molecule has 3 heterocycles. The van der Waals surface area contributed by atoms with Crippen LogP contribution >= 0.6 is 11.3 Å². The average Bonchev–Trinajstić information content (AvgIpc) is 2.98. The third-order valence-electron chi connectivity index (χ3n) is 3.84. The first-order chi connectivity index (χ1) is 10.1. The summed E-state index contributed by atoms with van der Waals surface area (Å²) < 4.78 is 6.67. The predicted octanol–water partition coefficient (Wildman–Crippen LogP) is 2.87. The smallest absolute Gasteiger partial charge is 0.234 e. The number of nitrogens with zero attached hydrogens (tertiary/aromatic N) is 1. The number of aryl methyl sites for hydroxylation is 1. The Morgan fingerprint density at radius 3 is 3.05 bits per heavy atom. The first-order valence-electron chi connectivity index (χ1n) is 6.74. The van der Waals surface area contributed by atoms with Crippen LogP contribution in [0.3, 0.4) is 0 Å². The van der Waals surface area contributed by atoms with Crippen LogP contribution in [-0.2, 0) is 9.59 Å². The van der Waals surface area contributed by atoms with E-state index in [1.165, 1.54) is 0 Å². The Hall–Kier alpha value is -2.21. The molecule has 3 aromatic rings. The highest BCUT2D eigenvalue weighted by Gasteiger charge is 2.30. The number of hydrogen-bond donors (Lipinski definition) is 1. The van der Waals surface area contributed by atoms with Gasteiger partial charge < -0.3 is 4.42 Å². The molecule has 1 aromatic carbocycles. The lowest BCUT2D eigenvalue weighted by Gasteiger charge is -2.19. The maximum Gasteiger partial charge on any atom is 0.234 e. The zero-order valence-electron chi connectivity index (χ0n) is 11.3. The molecule has 1 fully saturated rings. The van der Waals surface area contributed by atoms with Crippen molar-refractivity contribution in [2.24, 2.45) is 0 Å². The van der Waals surface area contributed by atoms with Crippen molar-refractivity contribution >= 4 is 44.3 Å². The molecule has 106 valence electrons. The number of fused-ring (bicyclic) bond motifs is 2. The van der Waals surface area contributed by atoms with Crippen molar-refractivity contribution in [3.05, 3.63) is 29.0 Å². The van der Waals surface area contributed by atoms with Gasteiger partial charge in [-0.25, -0.2) is 4.98 Å². The van der Waals surface area contributed by atoms with E-state index in [1.807, 2.05) is 19.1 Å². The van der Waals surface area contributed by atoms with E-state index in [0.29, 0.717) is 12.8 Å². The molecule has 6 heteroatoms. The summed E-state index contributed by atoms with van der Waals surface area (Å²) in [7, 11) is 0. The van der Waals surface area contributed by atoms with Crippen LogP contribution in [0.4, 0.5) is 0 Å².